The van der Waals surface area contributed by atoms with Crippen LogP contribution < -0.4 is 10.2 Å². The van der Waals surface area contributed by atoms with Gasteiger partial charge in [-0.1, -0.05) is 41.4 Å². The van der Waals surface area contributed by atoms with E-state index in [-0.39, 0.29) is 11.8 Å². The van der Waals surface area contributed by atoms with Gasteiger partial charge in [-0.2, -0.15) is 0 Å². The molecule has 0 saturated carbocycles. The number of amides is 2. The number of anilines is 2. The van der Waals surface area contributed by atoms with Crippen LogP contribution in [0, 0.1) is 13.8 Å². The summed E-state index contributed by atoms with van der Waals surface area (Å²) in [5.41, 5.74) is 4.67. The molecule has 1 aliphatic rings. The molecule has 4 nitrogen and oxygen atoms in total. The summed E-state index contributed by atoms with van der Waals surface area (Å²) in [6, 6.07) is 15.0. The number of hydrogen-bond donors (Lipinski definition) is 1. The number of hydrogen-bond acceptors (Lipinski definition) is 3. The van der Waals surface area contributed by atoms with Gasteiger partial charge in [-0.15, -0.1) is 11.3 Å². The summed E-state index contributed by atoms with van der Waals surface area (Å²) in [6.07, 6.45) is 1.94. The van der Waals surface area contributed by atoms with E-state index in [2.05, 4.69) is 18.3 Å². The van der Waals surface area contributed by atoms with Gasteiger partial charge in [-0.25, -0.2) is 0 Å². The third-order valence-corrected chi connectivity index (χ3v) is 6.54. The first kappa shape index (κ1) is 19.7. The summed E-state index contributed by atoms with van der Waals surface area (Å²) in [5, 5.41) is 3.90. The number of thiophene rings is 1. The Morgan fingerprint density at radius 3 is 2.69 bits per heavy atom. The number of aryl methyl sites for hydroxylation is 3. The second-order valence-corrected chi connectivity index (χ2v) is 8.71. The molecule has 0 fully saturated rings. The normalized spacial score (nSPS) is 13.1. The summed E-state index contributed by atoms with van der Waals surface area (Å²) in [6.45, 7) is 4.67. The zero-order chi connectivity index (χ0) is 20.5. The predicted molar refractivity (Wildman–Crippen MR) is 120 cm³/mol. The molecule has 0 atom stereocenters. The third-order valence-electron chi connectivity index (χ3n) is 5.07. The lowest BCUT2D eigenvalue weighted by molar-refractivity contribution is 0.0986. The molecule has 3 aromatic rings. The minimum Gasteiger partial charge on any atom is -0.313 e. The maximum atomic E-state index is 13.3. The van der Waals surface area contributed by atoms with E-state index in [0.717, 1.165) is 24.1 Å². The lowest BCUT2D eigenvalue weighted by atomic mass is 9.99. The van der Waals surface area contributed by atoms with Crippen LogP contribution >= 0.6 is 22.9 Å². The van der Waals surface area contributed by atoms with Crippen molar-refractivity contribution in [3.63, 3.8) is 0 Å². The Balaban J connectivity index is 1.58. The van der Waals surface area contributed by atoms with Gasteiger partial charge in [0, 0.05) is 12.2 Å². The monoisotopic (exact) mass is 424 g/mol. The Morgan fingerprint density at radius 2 is 1.90 bits per heavy atom. The van der Waals surface area contributed by atoms with Gasteiger partial charge >= 0.3 is 0 Å². The van der Waals surface area contributed by atoms with Crippen molar-refractivity contribution < 1.29 is 9.59 Å². The maximum absolute atomic E-state index is 13.3. The smallest absolute Gasteiger partial charge is 0.268 e. The molecule has 4 rings (SSSR count). The molecule has 1 N–H and O–H groups in total. The average molecular weight is 425 g/mol. The Bertz CT molecular complexity index is 1110. The topological polar surface area (TPSA) is 49.4 Å². The Morgan fingerprint density at radius 1 is 1.10 bits per heavy atom. The molecule has 1 aliphatic heterocycles. The summed E-state index contributed by atoms with van der Waals surface area (Å²) in [5.74, 6) is -0.301. The van der Waals surface area contributed by atoms with Crippen LogP contribution in [0.4, 0.5) is 10.7 Å². The highest BCUT2D eigenvalue weighted by Gasteiger charge is 2.26. The minimum absolute atomic E-state index is 0.0180. The molecule has 0 aliphatic carbocycles. The molecule has 0 bridgehead atoms. The highest BCUT2D eigenvalue weighted by atomic mass is 35.5. The van der Waals surface area contributed by atoms with Crippen LogP contribution in [0.15, 0.2) is 48.5 Å². The van der Waals surface area contributed by atoms with E-state index in [1.165, 1.54) is 22.5 Å². The minimum atomic E-state index is -0.283. The molecule has 0 radical (unpaired) electrons. The molecule has 148 valence electrons. The first-order valence-corrected chi connectivity index (χ1v) is 10.7. The SMILES string of the molecule is Cc1ccc2c(c1)CCCN2C(=O)c1sc(NC(=O)c2ccccc2Cl)cc1C. The quantitative estimate of drug-likeness (QED) is 0.572. The van der Waals surface area contributed by atoms with Crippen molar-refractivity contribution in [3.8, 4) is 0 Å². The molecular weight excluding hydrogens is 404 g/mol. The van der Waals surface area contributed by atoms with E-state index in [1.807, 2.05) is 30.0 Å². The van der Waals surface area contributed by atoms with E-state index in [0.29, 0.717) is 27.0 Å². The number of rotatable bonds is 3. The van der Waals surface area contributed by atoms with Crippen LogP contribution in [0.1, 0.15) is 43.1 Å². The lowest BCUT2D eigenvalue weighted by Gasteiger charge is -2.29. The molecular formula is C23H21ClN2O2S. The number of fused-ring (bicyclic) bond motifs is 1. The first-order chi connectivity index (χ1) is 13.9. The molecule has 2 heterocycles. The number of halogens is 1. The van der Waals surface area contributed by atoms with Crippen LogP contribution in [0.2, 0.25) is 5.02 Å². The fourth-order valence-corrected chi connectivity index (χ4v) is 4.88. The van der Waals surface area contributed by atoms with Crippen LogP contribution in [0.25, 0.3) is 0 Å². The zero-order valence-corrected chi connectivity index (χ0v) is 17.9. The molecule has 0 spiro atoms. The molecule has 0 saturated heterocycles. The third kappa shape index (κ3) is 3.93. The van der Waals surface area contributed by atoms with Crippen molar-refractivity contribution in [2.75, 3.05) is 16.8 Å². The zero-order valence-electron chi connectivity index (χ0n) is 16.3. The molecule has 0 unspecified atom stereocenters. The standard InChI is InChI=1S/C23H21ClN2O2S/c1-14-9-10-19-16(12-14)6-5-11-26(19)23(28)21-15(2)13-20(29-21)25-22(27)17-7-3-4-8-18(17)24/h3-4,7-10,12-13H,5-6,11H2,1-2H3,(H,25,27). The lowest BCUT2D eigenvalue weighted by Crippen LogP contribution is -2.35. The molecule has 2 amide bonds. The number of nitrogens with one attached hydrogen (secondary N) is 1. The van der Waals surface area contributed by atoms with Crippen molar-refractivity contribution in [1.29, 1.82) is 0 Å². The fourth-order valence-electron chi connectivity index (χ4n) is 3.64. The van der Waals surface area contributed by atoms with E-state index in [4.69, 9.17) is 11.6 Å². The summed E-state index contributed by atoms with van der Waals surface area (Å²) < 4.78 is 0. The second kappa shape index (κ2) is 8.01. The number of carbonyl (C=O) groups is 2. The van der Waals surface area contributed by atoms with Crippen molar-refractivity contribution in [2.24, 2.45) is 0 Å². The van der Waals surface area contributed by atoms with Crippen molar-refractivity contribution >= 4 is 45.4 Å². The van der Waals surface area contributed by atoms with Gasteiger partial charge < -0.3 is 10.2 Å². The van der Waals surface area contributed by atoms with Gasteiger partial charge in [0.25, 0.3) is 11.8 Å². The molecule has 6 heteroatoms. The summed E-state index contributed by atoms with van der Waals surface area (Å²) in [7, 11) is 0. The van der Waals surface area contributed by atoms with Gasteiger partial charge in [0.2, 0.25) is 0 Å². The van der Waals surface area contributed by atoms with Gasteiger partial charge in [0.05, 0.1) is 20.5 Å². The van der Waals surface area contributed by atoms with E-state index in [1.54, 1.807) is 24.3 Å². The molecule has 1 aromatic heterocycles. The van der Waals surface area contributed by atoms with Crippen LogP contribution in [-0.4, -0.2) is 18.4 Å². The second-order valence-electron chi connectivity index (χ2n) is 7.25. The largest absolute Gasteiger partial charge is 0.313 e. The van der Waals surface area contributed by atoms with Gasteiger partial charge in [0.15, 0.2) is 0 Å². The number of benzene rings is 2. The Labute approximate surface area is 179 Å². The highest BCUT2D eigenvalue weighted by Crippen LogP contribution is 2.33. The average Bonchev–Trinajstić information content (AvgIpc) is 3.07. The number of carbonyl (C=O) groups excluding carboxylic acids is 2. The predicted octanol–water partition coefficient (Wildman–Crippen LogP) is 5.86. The molecule has 29 heavy (non-hydrogen) atoms. The summed E-state index contributed by atoms with van der Waals surface area (Å²) in [4.78, 5) is 28.3. The molecule has 2 aromatic carbocycles. The van der Waals surface area contributed by atoms with Crippen LogP contribution in [0.3, 0.4) is 0 Å². The van der Waals surface area contributed by atoms with Crippen molar-refractivity contribution in [1.82, 2.24) is 0 Å². The highest BCUT2D eigenvalue weighted by molar-refractivity contribution is 7.18. The van der Waals surface area contributed by atoms with Crippen LogP contribution in [-0.2, 0) is 6.42 Å². The number of nitrogens with zero attached hydrogens (tertiary/aromatic N) is 1. The van der Waals surface area contributed by atoms with Gasteiger partial charge in [-0.3, -0.25) is 9.59 Å². The van der Waals surface area contributed by atoms with E-state index >= 15 is 0 Å². The van der Waals surface area contributed by atoms with E-state index in [9.17, 15) is 9.59 Å². The Kier molecular flexibility index (Phi) is 5.43. The van der Waals surface area contributed by atoms with E-state index < -0.39 is 0 Å². The fraction of sp³-hybridized carbons (Fsp3) is 0.217. The van der Waals surface area contributed by atoms with Gasteiger partial charge in [-0.05, 0) is 62.1 Å². The Hall–Kier alpha value is -2.63. The maximum Gasteiger partial charge on any atom is 0.268 e. The van der Waals surface area contributed by atoms with Crippen molar-refractivity contribution in [3.05, 3.63) is 80.7 Å². The first-order valence-electron chi connectivity index (χ1n) is 9.52. The van der Waals surface area contributed by atoms with Gasteiger partial charge in [0.1, 0.15) is 0 Å². The van der Waals surface area contributed by atoms with Crippen LogP contribution in [0.5, 0.6) is 0 Å². The summed E-state index contributed by atoms with van der Waals surface area (Å²) >= 11 is 7.42. The van der Waals surface area contributed by atoms with Crippen molar-refractivity contribution in [2.45, 2.75) is 26.7 Å².